The van der Waals surface area contributed by atoms with Gasteiger partial charge in [0.05, 0.1) is 23.8 Å². The third kappa shape index (κ3) is 4.37. The predicted molar refractivity (Wildman–Crippen MR) is 140 cm³/mol. The third-order valence-corrected chi connectivity index (χ3v) is 8.88. The third-order valence-electron chi connectivity index (χ3n) is 8.88. The molecule has 4 aliphatic heterocycles. The van der Waals surface area contributed by atoms with Crippen LogP contribution in [0.1, 0.15) is 25.3 Å². The van der Waals surface area contributed by atoms with Gasteiger partial charge < -0.3 is 25.4 Å². The Morgan fingerprint density at radius 2 is 1.89 bits per heavy atom. The van der Waals surface area contributed by atoms with Crippen molar-refractivity contribution < 1.29 is 44.6 Å². The quantitative estimate of drug-likeness (QED) is 0.325. The van der Waals surface area contributed by atoms with Crippen molar-refractivity contribution in [1.29, 1.82) is 0 Å². The van der Waals surface area contributed by atoms with Crippen LogP contribution in [-0.2, 0) is 6.18 Å². The number of piperazine rings is 1. The lowest BCUT2D eigenvalue weighted by Crippen LogP contribution is -2.59. The molecular formula is C27H25F8N7O2. The van der Waals surface area contributed by atoms with Gasteiger partial charge in [0, 0.05) is 38.2 Å². The summed E-state index contributed by atoms with van der Waals surface area (Å²) in [5, 5.41) is 3.14. The molecule has 0 spiro atoms. The monoisotopic (exact) mass is 631 g/mol. The number of halogens is 8. The second-order valence-corrected chi connectivity index (χ2v) is 11.7. The maximum atomic E-state index is 16.4. The number of nitrogen functional groups attached to an aromatic ring is 1. The zero-order valence-corrected chi connectivity index (χ0v) is 23.0. The highest BCUT2D eigenvalue weighted by Gasteiger charge is 2.60. The average molecular weight is 632 g/mol. The standard InChI is InChI=1S/C27H25F8N7O2/c1-11-14-7-37-3-5-42(14)22-15-21(39-24(40-22)43-10-25-2-4-41(25)9-26(31,32)8-25)19(30)20(38-23(15)44-11)12-6-13(36)17(28)18(29)16(12)27(33,34)35/h6,11,14,37H,2-5,7-10,36H2,1H3/t11-,14-,25?/m0/s1. The van der Waals surface area contributed by atoms with Crippen LogP contribution >= 0.6 is 0 Å². The van der Waals surface area contributed by atoms with Gasteiger partial charge in [-0.15, -0.1) is 0 Å². The average Bonchev–Trinajstić information content (AvgIpc) is 3.05. The number of nitrogens with two attached hydrogens (primary N) is 1. The smallest absolute Gasteiger partial charge is 0.419 e. The van der Waals surface area contributed by atoms with Gasteiger partial charge in [-0.2, -0.15) is 23.1 Å². The van der Waals surface area contributed by atoms with Gasteiger partial charge >= 0.3 is 12.2 Å². The summed E-state index contributed by atoms with van der Waals surface area (Å²) in [6.45, 7) is 2.74. The Hall–Kier alpha value is -3.73. The van der Waals surface area contributed by atoms with Gasteiger partial charge in [0.2, 0.25) is 5.88 Å². The Kier molecular flexibility index (Phi) is 6.35. The minimum atomic E-state index is -5.46. The molecule has 0 saturated carbocycles. The molecule has 3 aromatic rings. The molecule has 3 N–H and O–H groups in total. The summed E-state index contributed by atoms with van der Waals surface area (Å²) < 4.78 is 128. The molecule has 0 radical (unpaired) electrons. The highest BCUT2D eigenvalue weighted by molar-refractivity contribution is 5.97. The summed E-state index contributed by atoms with van der Waals surface area (Å²) in [5.41, 5.74) is -1.38. The molecule has 44 heavy (non-hydrogen) atoms. The first-order valence-corrected chi connectivity index (χ1v) is 13.9. The second kappa shape index (κ2) is 9.63. The van der Waals surface area contributed by atoms with Crippen LogP contribution in [0.25, 0.3) is 22.2 Å². The molecule has 0 bridgehead atoms. The Balaban J connectivity index is 1.42. The van der Waals surface area contributed by atoms with Crippen molar-refractivity contribution in [3.8, 4) is 23.1 Å². The molecular weight excluding hydrogens is 606 g/mol. The van der Waals surface area contributed by atoms with Crippen molar-refractivity contribution in [3.63, 3.8) is 0 Å². The normalized spacial score (nSPS) is 26.1. The van der Waals surface area contributed by atoms with Gasteiger partial charge in [0.1, 0.15) is 40.7 Å². The molecule has 0 amide bonds. The zero-order valence-electron chi connectivity index (χ0n) is 23.0. The largest absolute Gasteiger partial charge is 0.472 e. The van der Waals surface area contributed by atoms with Crippen LogP contribution < -0.4 is 25.4 Å². The number of alkyl halides is 5. The minimum Gasteiger partial charge on any atom is -0.472 e. The fourth-order valence-electron chi connectivity index (χ4n) is 6.67. The van der Waals surface area contributed by atoms with E-state index in [2.05, 4.69) is 20.3 Å². The predicted octanol–water partition coefficient (Wildman–Crippen LogP) is 4.13. The minimum absolute atomic E-state index is 0.0743. The zero-order chi connectivity index (χ0) is 31.3. The second-order valence-electron chi connectivity index (χ2n) is 11.7. The fourth-order valence-corrected chi connectivity index (χ4v) is 6.67. The molecule has 17 heteroatoms. The number of pyridine rings is 1. The number of benzene rings is 1. The van der Waals surface area contributed by atoms with Crippen molar-refractivity contribution in [2.24, 2.45) is 0 Å². The topological polar surface area (TPSA) is 102 Å². The molecule has 3 atom stereocenters. The van der Waals surface area contributed by atoms with E-state index < -0.39 is 94.2 Å². The first kappa shape index (κ1) is 29.0. The van der Waals surface area contributed by atoms with Gasteiger partial charge in [-0.25, -0.2) is 26.9 Å². The van der Waals surface area contributed by atoms with Crippen molar-refractivity contribution in [1.82, 2.24) is 25.2 Å². The van der Waals surface area contributed by atoms with Crippen molar-refractivity contribution >= 4 is 22.4 Å². The number of hydrogen-bond donors (Lipinski definition) is 2. The number of nitrogens with zero attached hydrogens (tertiary/aromatic N) is 5. The molecule has 7 rings (SSSR count). The highest BCUT2D eigenvalue weighted by atomic mass is 19.4. The molecule has 3 saturated heterocycles. The number of rotatable bonds is 4. The maximum Gasteiger partial charge on any atom is 0.419 e. The van der Waals surface area contributed by atoms with E-state index in [1.54, 1.807) is 11.8 Å². The van der Waals surface area contributed by atoms with Crippen LogP contribution in [0.3, 0.4) is 0 Å². The van der Waals surface area contributed by atoms with E-state index in [4.69, 9.17) is 15.2 Å². The van der Waals surface area contributed by atoms with E-state index in [-0.39, 0.29) is 23.7 Å². The van der Waals surface area contributed by atoms with Crippen molar-refractivity contribution in [2.45, 2.75) is 49.5 Å². The van der Waals surface area contributed by atoms with Gasteiger partial charge in [-0.1, -0.05) is 0 Å². The molecule has 9 nitrogen and oxygen atoms in total. The van der Waals surface area contributed by atoms with Gasteiger partial charge in [-0.3, -0.25) is 4.90 Å². The number of ether oxygens (including phenoxy) is 2. The van der Waals surface area contributed by atoms with Gasteiger partial charge in [-0.05, 0) is 19.4 Å². The molecule has 1 aromatic carbocycles. The summed E-state index contributed by atoms with van der Waals surface area (Å²) in [5.74, 6) is -8.82. The van der Waals surface area contributed by atoms with Crippen LogP contribution in [0.5, 0.6) is 11.9 Å². The number of nitrogens with one attached hydrogen (secondary N) is 1. The van der Waals surface area contributed by atoms with E-state index in [1.165, 1.54) is 0 Å². The Morgan fingerprint density at radius 3 is 2.57 bits per heavy atom. The summed E-state index contributed by atoms with van der Waals surface area (Å²) in [4.78, 5) is 16.1. The summed E-state index contributed by atoms with van der Waals surface area (Å²) in [7, 11) is 0. The molecule has 6 heterocycles. The lowest BCUT2D eigenvalue weighted by molar-refractivity contribution is -0.139. The van der Waals surface area contributed by atoms with E-state index >= 15 is 4.39 Å². The number of aromatic nitrogens is 3. The van der Waals surface area contributed by atoms with Crippen LogP contribution in [-0.4, -0.2) is 82.8 Å². The fraction of sp³-hybridized carbons (Fsp3) is 0.519. The van der Waals surface area contributed by atoms with E-state index in [0.29, 0.717) is 38.7 Å². The van der Waals surface area contributed by atoms with Crippen LogP contribution in [0.2, 0.25) is 0 Å². The SMILES string of the molecule is C[C@@H]1Oc2nc(-c3cc(N)c(F)c(F)c3C(F)(F)F)c(F)c3nc(OCC45CCN4CC(F)(F)C5)nc(c23)N2CCNC[C@@H]12. The first-order valence-electron chi connectivity index (χ1n) is 13.9. The molecule has 0 aliphatic carbocycles. The van der Waals surface area contributed by atoms with Crippen molar-refractivity contribution in [2.75, 3.05) is 50.0 Å². The van der Waals surface area contributed by atoms with Crippen LogP contribution in [0.15, 0.2) is 6.07 Å². The summed E-state index contributed by atoms with van der Waals surface area (Å²) in [6, 6.07) is -0.351. The van der Waals surface area contributed by atoms with E-state index in [0.717, 1.165) is 0 Å². The Bertz CT molecular complexity index is 1690. The van der Waals surface area contributed by atoms with Gasteiger partial charge in [0.25, 0.3) is 5.92 Å². The summed E-state index contributed by atoms with van der Waals surface area (Å²) >= 11 is 0. The number of anilines is 2. The molecule has 3 fully saturated rings. The lowest BCUT2D eigenvalue weighted by atomic mass is 9.85. The maximum absolute atomic E-state index is 16.4. The Labute approximate surface area is 244 Å². The molecule has 4 aliphatic rings. The van der Waals surface area contributed by atoms with Crippen LogP contribution in [0, 0.1) is 17.5 Å². The molecule has 236 valence electrons. The van der Waals surface area contributed by atoms with E-state index in [1.807, 2.05) is 4.90 Å². The van der Waals surface area contributed by atoms with Crippen LogP contribution in [0.4, 0.5) is 46.6 Å². The number of hydrogen-bond acceptors (Lipinski definition) is 9. The van der Waals surface area contributed by atoms with Gasteiger partial charge in [0.15, 0.2) is 17.5 Å². The first-order chi connectivity index (χ1) is 20.7. The summed E-state index contributed by atoms with van der Waals surface area (Å²) in [6.07, 6.45) is -6.14. The van der Waals surface area contributed by atoms with Crippen molar-refractivity contribution in [3.05, 3.63) is 29.1 Å². The lowest BCUT2D eigenvalue weighted by Gasteiger charge is -2.46. The molecule has 2 aromatic heterocycles. The highest BCUT2D eigenvalue weighted by Crippen LogP contribution is 2.49. The van der Waals surface area contributed by atoms with E-state index in [9.17, 15) is 30.7 Å². The number of fused-ring (bicyclic) bond motifs is 3. The molecule has 1 unspecified atom stereocenters. The Morgan fingerprint density at radius 1 is 1.11 bits per heavy atom.